The Hall–Kier alpha value is -2.04. The van der Waals surface area contributed by atoms with E-state index in [0.717, 1.165) is 42.5 Å². The molecule has 4 nitrogen and oxygen atoms in total. The molecule has 1 aliphatic rings. The highest BCUT2D eigenvalue weighted by Gasteiger charge is 2.17. The highest BCUT2D eigenvalue weighted by Crippen LogP contribution is 2.25. The summed E-state index contributed by atoms with van der Waals surface area (Å²) >= 11 is 0. The molecule has 0 atom stereocenters. The highest BCUT2D eigenvalue weighted by atomic mass is 19.1. The fourth-order valence-electron chi connectivity index (χ4n) is 2.97. The number of aromatic amines is 1. The number of carbonyl (C=O) groups is 1. The molecule has 2 amide bonds. The molecule has 1 aromatic heterocycles. The van der Waals surface area contributed by atoms with Gasteiger partial charge in [0, 0.05) is 29.7 Å². The first-order valence-corrected chi connectivity index (χ1v) is 7.88. The minimum absolute atomic E-state index is 0.0230. The average Bonchev–Trinajstić information content (AvgIpc) is 3.12. The molecule has 118 valence electrons. The molecule has 1 aliphatic heterocycles. The van der Waals surface area contributed by atoms with Crippen LogP contribution in [-0.2, 0) is 6.54 Å². The molecule has 0 spiro atoms. The van der Waals surface area contributed by atoms with Gasteiger partial charge in [0.05, 0.1) is 6.54 Å². The van der Waals surface area contributed by atoms with E-state index in [-0.39, 0.29) is 17.8 Å². The van der Waals surface area contributed by atoms with E-state index < -0.39 is 0 Å². The largest absolute Gasteiger partial charge is 0.357 e. The number of hydrogen-bond donors (Lipinski definition) is 2. The summed E-state index contributed by atoms with van der Waals surface area (Å²) in [5.41, 5.74) is 2.51. The Bertz CT molecular complexity index is 687. The first-order valence-electron chi connectivity index (χ1n) is 7.88. The van der Waals surface area contributed by atoms with Crippen LogP contribution >= 0.6 is 0 Å². The van der Waals surface area contributed by atoms with Gasteiger partial charge >= 0.3 is 6.03 Å². The number of hydrogen-bond acceptors (Lipinski definition) is 1. The molecular weight excluding hydrogens is 281 g/mol. The van der Waals surface area contributed by atoms with Gasteiger partial charge in [-0.3, -0.25) is 0 Å². The summed E-state index contributed by atoms with van der Waals surface area (Å²) in [6.45, 7) is 6.06. The Balaban J connectivity index is 1.73. The lowest BCUT2D eigenvalue weighted by atomic mass is 10.0. The van der Waals surface area contributed by atoms with Crippen molar-refractivity contribution in [2.24, 2.45) is 0 Å². The predicted molar refractivity (Wildman–Crippen MR) is 85.4 cm³/mol. The van der Waals surface area contributed by atoms with Gasteiger partial charge in [-0.25, -0.2) is 9.18 Å². The number of H-pyrrole nitrogens is 1. The number of rotatable bonds is 3. The van der Waals surface area contributed by atoms with E-state index in [2.05, 4.69) is 10.3 Å². The smallest absolute Gasteiger partial charge is 0.317 e. The third-order valence-corrected chi connectivity index (χ3v) is 4.24. The Morgan fingerprint density at radius 3 is 2.73 bits per heavy atom. The standard InChI is InChI=1S/C17H22FN3O/c1-11(2)14-9-16-12(8-15(14)18)7-13(20-16)10-19-17(22)21-5-3-4-6-21/h7-9,11,20H,3-6,10H2,1-2H3,(H,19,22). The molecule has 2 N–H and O–H groups in total. The monoisotopic (exact) mass is 303 g/mol. The normalized spacial score (nSPS) is 15.0. The SMILES string of the molecule is CC(C)c1cc2[nH]c(CNC(=O)N3CCCC3)cc2cc1F. The van der Waals surface area contributed by atoms with Crippen molar-refractivity contribution >= 4 is 16.9 Å². The topological polar surface area (TPSA) is 48.1 Å². The van der Waals surface area contributed by atoms with Crippen molar-refractivity contribution in [1.29, 1.82) is 0 Å². The van der Waals surface area contributed by atoms with Crippen LogP contribution in [0.5, 0.6) is 0 Å². The van der Waals surface area contributed by atoms with Crippen molar-refractivity contribution in [3.8, 4) is 0 Å². The fourth-order valence-corrected chi connectivity index (χ4v) is 2.97. The summed E-state index contributed by atoms with van der Waals surface area (Å²) in [6.07, 6.45) is 2.16. The van der Waals surface area contributed by atoms with Crippen LogP contribution < -0.4 is 5.32 Å². The van der Waals surface area contributed by atoms with Crippen LogP contribution in [0.25, 0.3) is 10.9 Å². The van der Waals surface area contributed by atoms with Gasteiger partial charge in [-0.15, -0.1) is 0 Å². The van der Waals surface area contributed by atoms with Gasteiger partial charge in [0.1, 0.15) is 5.82 Å². The van der Waals surface area contributed by atoms with Crippen LogP contribution in [-0.4, -0.2) is 29.0 Å². The van der Waals surface area contributed by atoms with Crippen LogP contribution in [0.3, 0.4) is 0 Å². The summed E-state index contributed by atoms with van der Waals surface area (Å²) in [4.78, 5) is 17.1. The van der Waals surface area contributed by atoms with Gasteiger partial charge in [0.25, 0.3) is 0 Å². The lowest BCUT2D eigenvalue weighted by Crippen LogP contribution is -2.37. The Morgan fingerprint density at radius 2 is 2.05 bits per heavy atom. The summed E-state index contributed by atoms with van der Waals surface area (Å²) in [5, 5.41) is 3.76. The number of carbonyl (C=O) groups excluding carboxylic acids is 1. The Kier molecular flexibility index (Phi) is 4.05. The second-order valence-electron chi connectivity index (χ2n) is 6.26. The van der Waals surface area contributed by atoms with Crippen molar-refractivity contribution in [3.63, 3.8) is 0 Å². The second kappa shape index (κ2) is 5.99. The molecule has 1 aromatic carbocycles. The Morgan fingerprint density at radius 1 is 1.32 bits per heavy atom. The fraction of sp³-hybridized carbons (Fsp3) is 0.471. The molecule has 0 unspecified atom stereocenters. The number of nitrogens with zero attached hydrogens (tertiary/aromatic N) is 1. The summed E-state index contributed by atoms with van der Waals surface area (Å²) in [5.74, 6) is -0.0276. The van der Waals surface area contributed by atoms with E-state index in [1.165, 1.54) is 0 Å². The van der Waals surface area contributed by atoms with Crippen LogP contribution in [0.2, 0.25) is 0 Å². The zero-order valence-electron chi connectivity index (χ0n) is 13.1. The first-order chi connectivity index (χ1) is 10.5. The van der Waals surface area contributed by atoms with Crippen molar-refractivity contribution in [2.45, 2.75) is 39.2 Å². The number of benzene rings is 1. The van der Waals surface area contributed by atoms with Crippen LogP contribution in [0, 0.1) is 5.82 Å². The Labute approximate surface area is 129 Å². The molecule has 1 fully saturated rings. The third kappa shape index (κ3) is 2.93. The number of urea groups is 1. The summed E-state index contributed by atoms with van der Waals surface area (Å²) in [6, 6.07) is 5.30. The number of aromatic nitrogens is 1. The van der Waals surface area contributed by atoms with Gasteiger partial charge in [-0.05, 0) is 42.5 Å². The van der Waals surface area contributed by atoms with E-state index >= 15 is 0 Å². The first kappa shape index (κ1) is 14.9. The highest BCUT2D eigenvalue weighted by molar-refractivity contribution is 5.81. The average molecular weight is 303 g/mol. The molecular formula is C17H22FN3O. The lowest BCUT2D eigenvalue weighted by Gasteiger charge is -2.15. The number of amides is 2. The van der Waals surface area contributed by atoms with E-state index in [4.69, 9.17) is 0 Å². The molecule has 1 saturated heterocycles. The van der Waals surface area contributed by atoms with E-state index in [1.807, 2.05) is 30.9 Å². The quantitative estimate of drug-likeness (QED) is 0.891. The molecule has 5 heteroatoms. The van der Waals surface area contributed by atoms with Gasteiger partial charge in [0.15, 0.2) is 0 Å². The van der Waals surface area contributed by atoms with Gasteiger partial charge in [-0.2, -0.15) is 0 Å². The number of halogens is 1. The number of nitrogens with one attached hydrogen (secondary N) is 2. The number of likely N-dealkylation sites (tertiary alicyclic amines) is 1. The second-order valence-corrected chi connectivity index (χ2v) is 6.26. The lowest BCUT2D eigenvalue weighted by molar-refractivity contribution is 0.208. The molecule has 2 aromatic rings. The van der Waals surface area contributed by atoms with E-state index in [1.54, 1.807) is 6.07 Å². The minimum atomic E-state index is -0.172. The maximum Gasteiger partial charge on any atom is 0.317 e. The maximum absolute atomic E-state index is 14.0. The summed E-state index contributed by atoms with van der Waals surface area (Å²) < 4.78 is 14.0. The zero-order valence-corrected chi connectivity index (χ0v) is 13.1. The molecule has 0 saturated carbocycles. The molecule has 3 rings (SSSR count). The maximum atomic E-state index is 14.0. The van der Waals surface area contributed by atoms with Crippen LogP contribution in [0.15, 0.2) is 18.2 Å². The minimum Gasteiger partial charge on any atom is -0.357 e. The van der Waals surface area contributed by atoms with Crippen molar-refractivity contribution in [2.75, 3.05) is 13.1 Å². The molecule has 0 aliphatic carbocycles. The molecule has 0 radical (unpaired) electrons. The zero-order chi connectivity index (χ0) is 15.7. The van der Waals surface area contributed by atoms with Crippen molar-refractivity contribution in [3.05, 3.63) is 35.3 Å². The van der Waals surface area contributed by atoms with Gasteiger partial charge in [-0.1, -0.05) is 13.8 Å². The van der Waals surface area contributed by atoms with Crippen molar-refractivity contribution < 1.29 is 9.18 Å². The van der Waals surface area contributed by atoms with Crippen LogP contribution in [0.1, 0.15) is 43.9 Å². The van der Waals surface area contributed by atoms with Gasteiger partial charge < -0.3 is 15.2 Å². The molecule has 22 heavy (non-hydrogen) atoms. The number of fused-ring (bicyclic) bond motifs is 1. The van der Waals surface area contributed by atoms with Crippen molar-refractivity contribution in [1.82, 2.24) is 15.2 Å². The molecule has 2 heterocycles. The third-order valence-electron chi connectivity index (χ3n) is 4.24. The predicted octanol–water partition coefficient (Wildman–Crippen LogP) is 3.74. The van der Waals surface area contributed by atoms with E-state index in [9.17, 15) is 9.18 Å². The summed E-state index contributed by atoms with van der Waals surface area (Å²) in [7, 11) is 0. The van der Waals surface area contributed by atoms with E-state index in [0.29, 0.717) is 12.1 Å². The molecule has 0 bridgehead atoms. The van der Waals surface area contributed by atoms with Crippen LogP contribution in [0.4, 0.5) is 9.18 Å². The van der Waals surface area contributed by atoms with Gasteiger partial charge in [0.2, 0.25) is 0 Å².